The molecule has 4 aromatic rings. The molecule has 4 aromatic heterocycles. The zero-order valence-electron chi connectivity index (χ0n) is 15.0. The van der Waals surface area contributed by atoms with Crippen LogP contribution < -0.4 is 15.8 Å². The number of nitrogen functional groups attached to an aromatic ring is 1. The Morgan fingerprint density at radius 1 is 1.10 bits per heavy atom. The van der Waals surface area contributed by atoms with Crippen LogP contribution in [-0.4, -0.2) is 31.7 Å². The van der Waals surface area contributed by atoms with Crippen LogP contribution in [0.4, 0.5) is 30.6 Å². The molecular weight excluding hydrogens is 387 g/mol. The maximum atomic E-state index is 13.2. The summed E-state index contributed by atoms with van der Waals surface area (Å²) in [6.45, 7) is 0. The molecule has 0 radical (unpaired) electrons. The molecule has 0 aliphatic heterocycles. The van der Waals surface area contributed by atoms with E-state index in [9.17, 15) is 13.2 Å². The summed E-state index contributed by atoms with van der Waals surface area (Å²) in [5.74, 6) is 0.818. The highest BCUT2D eigenvalue weighted by Crippen LogP contribution is 2.37. The van der Waals surface area contributed by atoms with Crippen LogP contribution in [0.1, 0.15) is 5.56 Å². The average molecular weight is 401 g/mol. The molecule has 0 aliphatic rings. The fraction of sp³-hybridized carbons (Fsp3) is 0.111. The first-order valence-electron chi connectivity index (χ1n) is 8.31. The molecular formula is C18H14F3N7O. The van der Waals surface area contributed by atoms with Crippen LogP contribution in [-0.2, 0) is 6.18 Å². The molecule has 11 heteroatoms. The van der Waals surface area contributed by atoms with Crippen LogP contribution in [0, 0.1) is 0 Å². The number of hydrogen-bond acceptors (Lipinski definition) is 7. The highest BCUT2D eigenvalue weighted by Gasteiger charge is 2.35. The van der Waals surface area contributed by atoms with E-state index in [1.54, 1.807) is 36.5 Å². The van der Waals surface area contributed by atoms with E-state index in [2.05, 4.69) is 25.4 Å². The predicted molar refractivity (Wildman–Crippen MR) is 99.7 cm³/mol. The van der Waals surface area contributed by atoms with Crippen molar-refractivity contribution in [3.8, 4) is 17.1 Å². The van der Waals surface area contributed by atoms with Gasteiger partial charge in [0.05, 0.1) is 12.8 Å². The number of nitrogens with zero attached hydrogens (tertiary/aromatic N) is 5. The highest BCUT2D eigenvalue weighted by atomic mass is 19.4. The van der Waals surface area contributed by atoms with Gasteiger partial charge >= 0.3 is 6.18 Å². The molecule has 3 N–H and O–H groups in total. The van der Waals surface area contributed by atoms with Crippen molar-refractivity contribution < 1.29 is 17.9 Å². The molecule has 0 atom stereocenters. The molecule has 0 fully saturated rings. The van der Waals surface area contributed by atoms with Crippen LogP contribution in [0.15, 0.2) is 48.8 Å². The lowest BCUT2D eigenvalue weighted by atomic mass is 10.1. The minimum absolute atomic E-state index is 0.203. The average Bonchev–Trinajstić information content (AvgIpc) is 3.08. The van der Waals surface area contributed by atoms with Gasteiger partial charge in [-0.05, 0) is 24.3 Å². The van der Waals surface area contributed by atoms with Crippen molar-refractivity contribution in [3.63, 3.8) is 0 Å². The van der Waals surface area contributed by atoms with Crippen molar-refractivity contribution in [2.45, 2.75) is 6.18 Å². The number of fused-ring (bicyclic) bond motifs is 1. The van der Waals surface area contributed by atoms with Gasteiger partial charge < -0.3 is 15.8 Å². The lowest BCUT2D eigenvalue weighted by Gasteiger charge is -2.12. The lowest BCUT2D eigenvalue weighted by molar-refractivity contribution is -0.139. The Bertz CT molecular complexity index is 1190. The van der Waals surface area contributed by atoms with E-state index in [0.717, 1.165) is 13.2 Å². The molecule has 0 amide bonds. The summed E-state index contributed by atoms with van der Waals surface area (Å²) in [5.41, 5.74) is 5.62. The van der Waals surface area contributed by atoms with Crippen molar-refractivity contribution >= 4 is 23.1 Å². The molecule has 0 saturated carbocycles. The number of ether oxygens (including phenoxy) is 1. The van der Waals surface area contributed by atoms with Crippen LogP contribution in [0.3, 0.4) is 0 Å². The van der Waals surface area contributed by atoms with Crippen LogP contribution in [0.2, 0.25) is 0 Å². The zero-order valence-corrected chi connectivity index (χ0v) is 15.0. The van der Waals surface area contributed by atoms with Gasteiger partial charge in [0.15, 0.2) is 11.5 Å². The molecule has 8 nitrogen and oxygen atoms in total. The van der Waals surface area contributed by atoms with E-state index < -0.39 is 17.6 Å². The Kier molecular flexibility index (Phi) is 4.41. The molecule has 0 unspecified atom stereocenters. The third-order valence-electron chi connectivity index (χ3n) is 4.00. The number of aromatic nitrogens is 5. The first kappa shape index (κ1) is 18.5. The number of hydrogen-bond donors (Lipinski definition) is 2. The fourth-order valence-electron chi connectivity index (χ4n) is 2.71. The van der Waals surface area contributed by atoms with Gasteiger partial charge in [0, 0.05) is 24.0 Å². The quantitative estimate of drug-likeness (QED) is 0.539. The molecule has 4 rings (SSSR count). The van der Waals surface area contributed by atoms with E-state index in [-0.39, 0.29) is 5.56 Å². The van der Waals surface area contributed by atoms with Crippen LogP contribution >= 0.6 is 0 Å². The van der Waals surface area contributed by atoms with E-state index in [1.807, 2.05) is 0 Å². The minimum atomic E-state index is -4.60. The first-order valence-corrected chi connectivity index (χ1v) is 8.31. The van der Waals surface area contributed by atoms with E-state index >= 15 is 0 Å². The van der Waals surface area contributed by atoms with E-state index in [1.165, 1.54) is 10.7 Å². The standard InChI is InChI=1S/C18H14F3N7O/c1-29-17-11(18(19,20)21)7-10(9-23-17)12-5-6-28-16(24-12)8-15(27-28)26-14-4-2-3-13(22)25-14/h2-9H,1H3,(H3,22,25,26,27). The predicted octanol–water partition coefficient (Wildman–Crippen LogP) is 3.54. The van der Waals surface area contributed by atoms with Gasteiger partial charge in [-0.1, -0.05) is 6.07 Å². The Hall–Kier alpha value is -3.89. The Morgan fingerprint density at radius 2 is 1.93 bits per heavy atom. The van der Waals surface area contributed by atoms with Gasteiger partial charge in [-0.2, -0.15) is 13.2 Å². The highest BCUT2D eigenvalue weighted by molar-refractivity contribution is 5.65. The maximum Gasteiger partial charge on any atom is 0.421 e. The molecule has 4 heterocycles. The monoisotopic (exact) mass is 401 g/mol. The molecule has 148 valence electrons. The Labute approximate surface area is 162 Å². The van der Waals surface area contributed by atoms with E-state index in [0.29, 0.717) is 28.8 Å². The summed E-state index contributed by atoms with van der Waals surface area (Å²) in [6, 6.07) is 9.26. The van der Waals surface area contributed by atoms with Crippen molar-refractivity contribution in [2.75, 3.05) is 18.2 Å². The fourth-order valence-corrected chi connectivity index (χ4v) is 2.71. The number of halogens is 3. The number of nitrogens with one attached hydrogen (secondary N) is 1. The minimum Gasteiger partial charge on any atom is -0.481 e. The Balaban J connectivity index is 1.69. The number of methoxy groups -OCH3 is 1. The molecule has 0 aromatic carbocycles. The van der Waals surface area contributed by atoms with Gasteiger partial charge in [-0.3, -0.25) is 0 Å². The van der Waals surface area contributed by atoms with Crippen LogP contribution in [0.25, 0.3) is 16.9 Å². The topological polar surface area (TPSA) is 103 Å². The third kappa shape index (κ3) is 3.74. The normalized spacial score (nSPS) is 11.6. The summed E-state index contributed by atoms with van der Waals surface area (Å²) in [7, 11) is 1.14. The third-order valence-corrected chi connectivity index (χ3v) is 4.00. The second-order valence-corrected chi connectivity index (χ2v) is 6.00. The Morgan fingerprint density at radius 3 is 2.66 bits per heavy atom. The second-order valence-electron chi connectivity index (χ2n) is 6.00. The summed E-state index contributed by atoms with van der Waals surface area (Å²) in [4.78, 5) is 12.2. The number of rotatable bonds is 4. The molecule has 29 heavy (non-hydrogen) atoms. The van der Waals surface area contributed by atoms with Crippen molar-refractivity contribution in [3.05, 3.63) is 54.4 Å². The van der Waals surface area contributed by atoms with Crippen molar-refractivity contribution in [1.82, 2.24) is 24.6 Å². The second kappa shape index (κ2) is 6.93. The largest absolute Gasteiger partial charge is 0.481 e. The summed E-state index contributed by atoms with van der Waals surface area (Å²) < 4.78 is 45.9. The molecule has 0 aliphatic carbocycles. The molecule has 0 spiro atoms. The van der Waals surface area contributed by atoms with E-state index in [4.69, 9.17) is 10.5 Å². The number of pyridine rings is 2. The maximum absolute atomic E-state index is 13.2. The number of alkyl halides is 3. The van der Waals surface area contributed by atoms with Gasteiger partial charge in [0.25, 0.3) is 0 Å². The SMILES string of the molecule is COc1ncc(-c2ccn3nc(Nc4cccc(N)n4)cc3n2)cc1C(F)(F)F. The smallest absolute Gasteiger partial charge is 0.421 e. The first-order chi connectivity index (χ1) is 13.8. The number of nitrogens with two attached hydrogens (primary N) is 1. The zero-order chi connectivity index (χ0) is 20.6. The number of anilines is 3. The summed E-state index contributed by atoms with van der Waals surface area (Å²) >= 11 is 0. The van der Waals surface area contributed by atoms with Crippen LogP contribution in [0.5, 0.6) is 5.88 Å². The van der Waals surface area contributed by atoms with Crippen molar-refractivity contribution in [1.29, 1.82) is 0 Å². The summed E-state index contributed by atoms with van der Waals surface area (Å²) in [6.07, 6.45) is -1.73. The lowest BCUT2D eigenvalue weighted by Crippen LogP contribution is -2.09. The molecule has 0 saturated heterocycles. The van der Waals surface area contributed by atoms with Crippen molar-refractivity contribution in [2.24, 2.45) is 0 Å². The van der Waals surface area contributed by atoms with Gasteiger partial charge in [-0.25, -0.2) is 19.5 Å². The van der Waals surface area contributed by atoms with Gasteiger partial charge in [0.2, 0.25) is 5.88 Å². The van der Waals surface area contributed by atoms with Gasteiger partial charge in [0.1, 0.15) is 17.2 Å². The van der Waals surface area contributed by atoms with Gasteiger partial charge in [-0.15, -0.1) is 5.10 Å². The molecule has 0 bridgehead atoms. The summed E-state index contributed by atoms with van der Waals surface area (Å²) in [5, 5.41) is 7.30.